The van der Waals surface area contributed by atoms with Crippen LogP contribution in [0.4, 0.5) is 5.69 Å². The first-order valence-corrected chi connectivity index (χ1v) is 9.84. The zero-order chi connectivity index (χ0) is 19.9. The van der Waals surface area contributed by atoms with Gasteiger partial charge in [-0.1, -0.05) is 54.2 Å². The van der Waals surface area contributed by atoms with Crippen molar-refractivity contribution >= 4 is 29.3 Å². The molecule has 0 aliphatic carbocycles. The minimum absolute atomic E-state index is 0.177. The number of anilines is 1. The van der Waals surface area contributed by atoms with Crippen LogP contribution in [0.2, 0.25) is 0 Å². The number of ether oxygens (including phenoxy) is 1. The van der Waals surface area contributed by atoms with E-state index in [2.05, 4.69) is 10.3 Å². The molecule has 0 bridgehead atoms. The maximum Gasteiger partial charge on any atom is 0.340 e. The Balaban J connectivity index is 1.65. The molecule has 2 aromatic carbocycles. The van der Waals surface area contributed by atoms with Crippen molar-refractivity contribution in [3.63, 3.8) is 0 Å². The van der Waals surface area contributed by atoms with Crippen LogP contribution in [0.1, 0.15) is 17.3 Å². The summed E-state index contributed by atoms with van der Waals surface area (Å²) < 4.78 is 6.99. The summed E-state index contributed by atoms with van der Waals surface area (Å²) in [4.78, 5) is 28.8. The number of nitrogens with one attached hydrogen (secondary N) is 1. The zero-order valence-electron chi connectivity index (χ0n) is 15.7. The van der Waals surface area contributed by atoms with Crippen LogP contribution in [0.3, 0.4) is 0 Å². The Morgan fingerprint density at radius 3 is 2.57 bits per heavy atom. The molecule has 0 unspecified atom stereocenters. The number of carbonyl (C=O) groups excluding carboxylic acids is 2. The second-order valence-electron chi connectivity index (χ2n) is 5.95. The average molecular weight is 395 g/mol. The van der Waals surface area contributed by atoms with E-state index in [1.807, 2.05) is 41.9 Å². The van der Waals surface area contributed by atoms with Gasteiger partial charge in [0.15, 0.2) is 5.16 Å². The molecule has 6 nitrogen and oxygen atoms in total. The van der Waals surface area contributed by atoms with Crippen LogP contribution in [0.5, 0.6) is 0 Å². The largest absolute Gasteiger partial charge is 0.462 e. The van der Waals surface area contributed by atoms with Gasteiger partial charge in [0, 0.05) is 7.05 Å². The van der Waals surface area contributed by atoms with Crippen molar-refractivity contribution in [2.24, 2.45) is 7.05 Å². The third-order valence-electron chi connectivity index (χ3n) is 4.04. The van der Waals surface area contributed by atoms with E-state index < -0.39 is 5.97 Å². The standard InChI is InChI=1S/C21H21N3O3S/c1-3-27-20(26)16-11-7-8-12-17(16)23-19(25)14-28-21-22-13-18(24(21)2)15-9-5-4-6-10-15/h4-13H,3,14H2,1-2H3,(H,23,25). The number of aromatic nitrogens is 2. The zero-order valence-corrected chi connectivity index (χ0v) is 16.5. The predicted molar refractivity (Wildman–Crippen MR) is 110 cm³/mol. The van der Waals surface area contributed by atoms with Crippen LogP contribution in [-0.4, -0.2) is 33.8 Å². The molecule has 0 spiro atoms. The van der Waals surface area contributed by atoms with Gasteiger partial charge >= 0.3 is 5.97 Å². The van der Waals surface area contributed by atoms with Gasteiger partial charge in [-0.2, -0.15) is 0 Å². The molecule has 28 heavy (non-hydrogen) atoms. The monoisotopic (exact) mass is 395 g/mol. The van der Waals surface area contributed by atoms with Crippen LogP contribution >= 0.6 is 11.8 Å². The van der Waals surface area contributed by atoms with Crippen molar-refractivity contribution in [1.82, 2.24) is 9.55 Å². The fourth-order valence-electron chi connectivity index (χ4n) is 2.70. The van der Waals surface area contributed by atoms with E-state index in [1.165, 1.54) is 11.8 Å². The molecule has 1 aromatic heterocycles. The number of hydrogen-bond acceptors (Lipinski definition) is 5. The highest BCUT2D eigenvalue weighted by Crippen LogP contribution is 2.25. The topological polar surface area (TPSA) is 73.2 Å². The van der Waals surface area contributed by atoms with Crippen molar-refractivity contribution in [1.29, 1.82) is 0 Å². The second kappa shape index (κ2) is 9.23. The van der Waals surface area contributed by atoms with Gasteiger partial charge in [-0.15, -0.1) is 0 Å². The van der Waals surface area contributed by atoms with Gasteiger partial charge in [0.1, 0.15) is 0 Å². The van der Waals surface area contributed by atoms with E-state index >= 15 is 0 Å². The quantitative estimate of drug-likeness (QED) is 0.484. The molecule has 0 fully saturated rings. The van der Waals surface area contributed by atoms with E-state index in [0.29, 0.717) is 11.3 Å². The number of esters is 1. The Bertz CT molecular complexity index is 970. The SMILES string of the molecule is CCOC(=O)c1ccccc1NC(=O)CSc1ncc(-c2ccccc2)n1C. The number of benzene rings is 2. The summed E-state index contributed by atoms with van der Waals surface area (Å²) in [6, 6.07) is 16.8. The van der Waals surface area contributed by atoms with Crippen molar-refractivity contribution in [3.05, 3.63) is 66.4 Å². The molecule has 0 saturated heterocycles. The Morgan fingerprint density at radius 2 is 1.82 bits per heavy atom. The number of para-hydroxylation sites is 1. The van der Waals surface area contributed by atoms with E-state index in [4.69, 9.17) is 4.74 Å². The lowest BCUT2D eigenvalue weighted by molar-refractivity contribution is -0.113. The van der Waals surface area contributed by atoms with Gasteiger partial charge < -0.3 is 14.6 Å². The fraction of sp³-hybridized carbons (Fsp3) is 0.190. The Labute approximate surface area is 167 Å². The molecule has 0 aliphatic rings. The summed E-state index contributed by atoms with van der Waals surface area (Å²) in [6.45, 7) is 2.02. The first kappa shape index (κ1) is 19.7. The van der Waals surface area contributed by atoms with Gasteiger partial charge in [-0.25, -0.2) is 9.78 Å². The van der Waals surface area contributed by atoms with Crippen molar-refractivity contribution in [3.8, 4) is 11.3 Å². The number of thioether (sulfide) groups is 1. The molecule has 0 atom stereocenters. The maximum absolute atomic E-state index is 12.4. The summed E-state index contributed by atoms with van der Waals surface area (Å²) >= 11 is 1.34. The number of carbonyl (C=O) groups is 2. The smallest absolute Gasteiger partial charge is 0.340 e. The first-order chi connectivity index (χ1) is 13.6. The molecule has 144 valence electrons. The van der Waals surface area contributed by atoms with Crippen molar-refractivity contribution in [2.75, 3.05) is 17.7 Å². The minimum atomic E-state index is -0.456. The Morgan fingerprint density at radius 1 is 1.11 bits per heavy atom. The van der Waals surface area contributed by atoms with E-state index in [-0.39, 0.29) is 18.3 Å². The summed E-state index contributed by atoms with van der Waals surface area (Å²) in [5.41, 5.74) is 2.83. The number of rotatable bonds is 7. The highest BCUT2D eigenvalue weighted by molar-refractivity contribution is 7.99. The summed E-state index contributed by atoms with van der Waals surface area (Å²) in [6.07, 6.45) is 1.80. The lowest BCUT2D eigenvalue weighted by Gasteiger charge is -2.10. The molecule has 0 aliphatic heterocycles. The maximum atomic E-state index is 12.4. The molecule has 0 saturated carbocycles. The highest BCUT2D eigenvalue weighted by Gasteiger charge is 2.15. The van der Waals surface area contributed by atoms with Crippen LogP contribution < -0.4 is 5.32 Å². The van der Waals surface area contributed by atoms with Gasteiger partial charge in [0.05, 0.1) is 35.5 Å². The third-order valence-corrected chi connectivity index (χ3v) is 5.09. The molecule has 3 aromatic rings. The average Bonchev–Trinajstić information content (AvgIpc) is 3.08. The molecule has 1 amide bonds. The van der Waals surface area contributed by atoms with E-state index in [9.17, 15) is 9.59 Å². The predicted octanol–water partition coefficient (Wildman–Crippen LogP) is 3.99. The van der Waals surface area contributed by atoms with Gasteiger partial charge in [0.2, 0.25) is 5.91 Å². The number of nitrogens with zero attached hydrogens (tertiary/aromatic N) is 2. The molecular formula is C21H21N3O3S. The van der Waals surface area contributed by atoms with E-state index in [1.54, 1.807) is 37.4 Å². The summed E-state index contributed by atoms with van der Waals surface area (Å²) in [5.74, 6) is -0.496. The van der Waals surface area contributed by atoms with E-state index in [0.717, 1.165) is 16.4 Å². The number of hydrogen-bond donors (Lipinski definition) is 1. The van der Waals surface area contributed by atoms with Crippen LogP contribution in [0.15, 0.2) is 66.0 Å². The number of amides is 1. The van der Waals surface area contributed by atoms with Crippen LogP contribution in [0.25, 0.3) is 11.3 Å². The fourth-order valence-corrected chi connectivity index (χ4v) is 3.45. The van der Waals surface area contributed by atoms with Crippen LogP contribution in [0, 0.1) is 0 Å². The lowest BCUT2D eigenvalue weighted by Crippen LogP contribution is -2.17. The minimum Gasteiger partial charge on any atom is -0.462 e. The van der Waals surface area contributed by atoms with Gasteiger partial charge in [-0.05, 0) is 24.6 Å². The molecule has 1 N–H and O–H groups in total. The van der Waals surface area contributed by atoms with Gasteiger partial charge in [-0.3, -0.25) is 4.79 Å². The molecule has 0 radical (unpaired) electrons. The summed E-state index contributed by atoms with van der Waals surface area (Å²) in [7, 11) is 1.92. The molecular weight excluding hydrogens is 374 g/mol. The lowest BCUT2D eigenvalue weighted by atomic mass is 10.2. The number of imidazole rings is 1. The molecule has 3 rings (SSSR count). The normalized spacial score (nSPS) is 10.5. The second-order valence-corrected chi connectivity index (χ2v) is 6.90. The van der Waals surface area contributed by atoms with Gasteiger partial charge in [0.25, 0.3) is 0 Å². The van der Waals surface area contributed by atoms with Crippen LogP contribution in [-0.2, 0) is 16.6 Å². The molecule has 1 heterocycles. The summed E-state index contributed by atoms with van der Waals surface area (Å²) in [5, 5.41) is 3.52. The third kappa shape index (κ3) is 4.61. The Kier molecular flexibility index (Phi) is 6.49. The van der Waals surface area contributed by atoms with Crippen molar-refractivity contribution < 1.29 is 14.3 Å². The molecule has 7 heteroatoms. The first-order valence-electron chi connectivity index (χ1n) is 8.86. The van der Waals surface area contributed by atoms with Crippen molar-refractivity contribution in [2.45, 2.75) is 12.1 Å². The highest BCUT2D eigenvalue weighted by atomic mass is 32.2. The Hall–Kier alpha value is -3.06.